The van der Waals surface area contributed by atoms with Crippen LogP contribution in [0.3, 0.4) is 0 Å². The van der Waals surface area contributed by atoms with E-state index in [4.69, 9.17) is 9.84 Å². The van der Waals surface area contributed by atoms with Crippen molar-refractivity contribution in [3.8, 4) is 0 Å². The van der Waals surface area contributed by atoms with E-state index in [1.165, 1.54) is 4.90 Å². The summed E-state index contributed by atoms with van der Waals surface area (Å²) in [7, 11) is 0. The molecule has 0 saturated carbocycles. The van der Waals surface area contributed by atoms with E-state index in [9.17, 15) is 22.4 Å². The molecule has 2 atom stereocenters. The van der Waals surface area contributed by atoms with Gasteiger partial charge in [-0.05, 0) is 31.4 Å². The van der Waals surface area contributed by atoms with Gasteiger partial charge in [0.05, 0.1) is 11.5 Å². The predicted molar refractivity (Wildman–Crippen MR) is 79.0 cm³/mol. The monoisotopic (exact) mass is 367 g/mol. The van der Waals surface area contributed by atoms with Crippen molar-refractivity contribution in [3.05, 3.63) is 21.4 Å². The van der Waals surface area contributed by atoms with E-state index < -0.39 is 28.9 Å². The third kappa shape index (κ3) is 2.67. The molecule has 4 nitrogen and oxygen atoms in total. The number of piperidine rings is 1. The second kappa shape index (κ2) is 5.87. The summed E-state index contributed by atoms with van der Waals surface area (Å²) in [5.41, 5.74) is -0.252. The summed E-state index contributed by atoms with van der Waals surface area (Å²) in [6.45, 7) is 2.26. The molecular formula is C15H17F4NO3S. The fourth-order valence-electron chi connectivity index (χ4n) is 3.53. The molecule has 0 radical (unpaired) electrons. The zero-order chi connectivity index (χ0) is 17.7. The highest BCUT2D eigenvalue weighted by molar-refractivity contribution is 7.12. The Morgan fingerprint density at radius 2 is 2.25 bits per heavy atom. The highest BCUT2D eigenvalue weighted by Crippen LogP contribution is 2.50. The number of thiophene rings is 1. The molecule has 1 aromatic rings. The van der Waals surface area contributed by atoms with E-state index in [2.05, 4.69) is 0 Å². The number of carbonyl (C=O) groups is 1. The Hall–Kier alpha value is -1.35. The van der Waals surface area contributed by atoms with Crippen LogP contribution >= 0.6 is 11.3 Å². The molecule has 1 amide bonds. The van der Waals surface area contributed by atoms with Gasteiger partial charge in [-0.1, -0.05) is 0 Å². The number of fused-ring (bicyclic) bond motifs is 2. The maximum atomic E-state index is 13.7. The Kier molecular flexibility index (Phi) is 4.28. The van der Waals surface area contributed by atoms with Crippen LogP contribution < -0.4 is 0 Å². The van der Waals surface area contributed by atoms with Gasteiger partial charge in [0, 0.05) is 23.9 Å². The van der Waals surface area contributed by atoms with Gasteiger partial charge in [0.2, 0.25) is 0 Å². The van der Waals surface area contributed by atoms with Crippen LogP contribution in [-0.4, -0.2) is 41.7 Å². The minimum Gasteiger partial charge on any atom is -0.465 e. The molecule has 3 heterocycles. The Morgan fingerprint density at radius 3 is 2.83 bits per heavy atom. The van der Waals surface area contributed by atoms with E-state index in [1.54, 1.807) is 6.92 Å². The average Bonchev–Trinajstić information content (AvgIpc) is 2.93. The van der Waals surface area contributed by atoms with E-state index in [-0.39, 0.29) is 12.6 Å². The van der Waals surface area contributed by atoms with Gasteiger partial charge < -0.3 is 14.7 Å². The number of ether oxygens (including phenoxy) is 1. The molecule has 24 heavy (non-hydrogen) atoms. The van der Waals surface area contributed by atoms with Crippen molar-refractivity contribution in [1.29, 1.82) is 0 Å². The Labute approximate surface area is 140 Å². The van der Waals surface area contributed by atoms with E-state index >= 15 is 0 Å². The van der Waals surface area contributed by atoms with Crippen LogP contribution in [0.15, 0.2) is 6.07 Å². The molecule has 1 N–H and O–H groups in total. The molecular weight excluding hydrogens is 350 g/mol. The molecule has 2 aliphatic heterocycles. The highest BCUT2D eigenvalue weighted by Gasteiger charge is 2.50. The summed E-state index contributed by atoms with van der Waals surface area (Å²) in [5.74, 6) is -4.18. The number of amides is 1. The van der Waals surface area contributed by atoms with Gasteiger partial charge in [0.25, 0.3) is 0 Å². The van der Waals surface area contributed by atoms with E-state index in [0.29, 0.717) is 47.6 Å². The first-order chi connectivity index (χ1) is 11.2. The molecule has 1 unspecified atom stereocenters. The fraction of sp³-hybridized carbons (Fsp3) is 0.667. The number of carboxylic acid groups (broad SMARTS) is 1. The SMILES string of the molecule is C[C@H]1CC2(CCN1C(=O)O)OCCc1cc(C(F)(F)C(F)F)sc12. The molecule has 0 aromatic carbocycles. The van der Waals surface area contributed by atoms with E-state index in [1.807, 2.05) is 0 Å². The van der Waals surface area contributed by atoms with Crippen LogP contribution in [0.5, 0.6) is 0 Å². The van der Waals surface area contributed by atoms with Gasteiger partial charge >= 0.3 is 18.4 Å². The summed E-state index contributed by atoms with van der Waals surface area (Å²) < 4.78 is 58.6. The van der Waals surface area contributed by atoms with Crippen molar-refractivity contribution in [2.24, 2.45) is 0 Å². The van der Waals surface area contributed by atoms with Crippen LogP contribution in [0, 0.1) is 0 Å². The third-order valence-corrected chi connectivity index (χ3v) is 6.18. The fourth-order valence-corrected chi connectivity index (χ4v) is 4.89. The number of hydrogen-bond donors (Lipinski definition) is 1. The first-order valence-electron chi connectivity index (χ1n) is 7.60. The summed E-state index contributed by atoms with van der Waals surface area (Å²) in [5, 5.41) is 9.17. The topological polar surface area (TPSA) is 49.8 Å². The highest BCUT2D eigenvalue weighted by atomic mass is 32.1. The first-order valence-corrected chi connectivity index (χ1v) is 8.42. The third-order valence-electron chi connectivity index (χ3n) is 4.73. The lowest BCUT2D eigenvalue weighted by Gasteiger charge is -2.46. The lowest BCUT2D eigenvalue weighted by molar-refractivity contribution is -0.132. The molecule has 1 saturated heterocycles. The van der Waals surface area contributed by atoms with Crippen molar-refractivity contribution in [2.45, 2.75) is 50.2 Å². The average molecular weight is 367 g/mol. The number of nitrogens with zero attached hydrogens (tertiary/aromatic N) is 1. The van der Waals surface area contributed by atoms with Gasteiger partial charge in [-0.2, -0.15) is 8.78 Å². The molecule has 9 heteroatoms. The quantitative estimate of drug-likeness (QED) is 0.803. The Balaban J connectivity index is 1.95. The molecule has 0 aliphatic carbocycles. The predicted octanol–water partition coefficient (Wildman–Crippen LogP) is 4.04. The Bertz CT molecular complexity index is 651. The van der Waals surface area contributed by atoms with Crippen LogP contribution in [0.1, 0.15) is 35.1 Å². The van der Waals surface area contributed by atoms with Crippen molar-refractivity contribution in [2.75, 3.05) is 13.2 Å². The van der Waals surface area contributed by atoms with Crippen LogP contribution in [0.2, 0.25) is 0 Å². The zero-order valence-corrected chi connectivity index (χ0v) is 13.7. The largest absolute Gasteiger partial charge is 0.465 e. The maximum Gasteiger partial charge on any atom is 0.407 e. The van der Waals surface area contributed by atoms with Gasteiger partial charge in [0.15, 0.2) is 0 Å². The molecule has 134 valence electrons. The van der Waals surface area contributed by atoms with Crippen LogP contribution in [0.25, 0.3) is 0 Å². The lowest BCUT2D eigenvalue weighted by atomic mass is 9.82. The summed E-state index contributed by atoms with van der Waals surface area (Å²) in [6, 6.07) is 0.813. The number of hydrogen-bond acceptors (Lipinski definition) is 3. The number of rotatable bonds is 2. The smallest absolute Gasteiger partial charge is 0.407 e. The van der Waals surface area contributed by atoms with Crippen LogP contribution in [-0.2, 0) is 22.7 Å². The van der Waals surface area contributed by atoms with Gasteiger partial charge in [-0.25, -0.2) is 13.6 Å². The normalized spacial score (nSPS) is 27.6. The number of alkyl halides is 4. The first kappa shape index (κ1) is 17.5. The summed E-state index contributed by atoms with van der Waals surface area (Å²) >= 11 is 0.667. The molecule has 0 bridgehead atoms. The zero-order valence-electron chi connectivity index (χ0n) is 12.9. The van der Waals surface area contributed by atoms with Crippen molar-refractivity contribution in [3.63, 3.8) is 0 Å². The minimum atomic E-state index is -4.18. The summed E-state index contributed by atoms with van der Waals surface area (Å²) in [6.07, 6.45) is -3.75. The Morgan fingerprint density at radius 1 is 1.54 bits per heavy atom. The minimum absolute atomic E-state index is 0.217. The van der Waals surface area contributed by atoms with E-state index in [0.717, 1.165) is 6.07 Å². The molecule has 1 aromatic heterocycles. The molecule has 2 aliphatic rings. The van der Waals surface area contributed by atoms with Crippen molar-refractivity contribution < 1.29 is 32.2 Å². The van der Waals surface area contributed by atoms with Crippen molar-refractivity contribution in [1.82, 2.24) is 4.90 Å². The van der Waals surface area contributed by atoms with Crippen molar-refractivity contribution >= 4 is 17.4 Å². The molecule has 1 fully saturated rings. The molecule has 3 rings (SSSR count). The second-order valence-corrected chi connectivity index (χ2v) is 7.31. The van der Waals surface area contributed by atoms with Gasteiger partial charge in [-0.3, -0.25) is 0 Å². The van der Waals surface area contributed by atoms with Crippen LogP contribution in [0.4, 0.5) is 22.4 Å². The second-order valence-electron chi connectivity index (χ2n) is 6.26. The number of halogens is 4. The maximum absolute atomic E-state index is 13.7. The standard InChI is InChI=1S/C15H17F4NO3S/c1-8-7-14(3-4-20(8)13(21)22)11-9(2-5-23-14)6-10(24-11)15(18,19)12(16)17/h6,8,12H,2-5,7H2,1H3,(H,21,22)/t8-,14?/m0/s1. The van der Waals surface area contributed by atoms with Gasteiger partial charge in [0.1, 0.15) is 5.60 Å². The molecule has 1 spiro atoms. The summed E-state index contributed by atoms with van der Waals surface area (Å²) in [4.78, 5) is 12.4. The number of likely N-dealkylation sites (tertiary alicyclic amines) is 1. The van der Waals surface area contributed by atoms with Gasteiger partial charge in [-0.15, -0.1) is 11.3 Å². The lowest BCUT2D eigenvalue weighted by Crippen LogP contribution is -2.51.